The Morgan fingerprint density at radius 2 is 1.90 bits per heavy atom. The Labute approximate surface area is 126 Å². The number of benzene rings is 2. The summed E-state index contributed by atoms with van der Waals surface area (Å²) in [6, 6.07) is 13.7. The normalized spacial score (nSPS) is 12.3. The van der Waals surface area contributed by atoms with Gasteiger partial charge in [-0.2, -0.15) is 0 Å². The summed E-state index contributed by atoms with van der Waals surface area (Å²) in [5.41, 5.74) is 1.51. The number of fused-ring (bicyclic) bond motifs is 1. The van der Waals surface area contributed by atoms with Crippen molar-refractivity contribution >= 4 is 28.6 Å². The Kier molecular flexibility index (Phi) is 3.58. The summed E-state index contributed by atoms with van der Waals surface area (Å²) in [6.45, 7) is 1.71. The fraction of sp³-hybridized carbons (Fsp3) is 0.133. The van der Waals surface area contributed by atoms with Crippen LogP contribution < -0.4 is 4.74 Å². The standard InChI is InChI=1S/C15H12ClN3O2/c1-10(15(20)21-14-9-5-2-6-11(14)16)19-13-8-4-3-7-12(13)17-18-19/h2-10H,1H3. The average Bonchev–Trinajstić information content (AvgIpc) is 2.92. The van der Waals surface area contributed by atoms with E-state index in [2.05, 4.69) is 10.3 Å². The third-order valence-corrected chi connectivity index (χ3v) is 3.44. The highest BCUT2D eigenvalue weighted by Gasteiger charge is 2.21. The number of halogens is 1. The molecule has 2 aromatic carbocycles. The fourth-order valence-electron chi connectivity index (χ4n) is 1.99. The average molecular weight is 302 g/mol. The van der Waals surface area contributed by atoms with Gasteiger partial charge in [-0.1, -0.05) is 41.1 Å². The molecule has 0 amide bonds. The van der Waals surface area contributed by atoms with Crippen molar-refractivity contribution in [2.24, 2.45) is 0 Å². The maximum Gasteiger partial charge on any atom is 0.336 e. The van der Waals surface area contributed by atoms with Crippen LogP contribution in [0.5, 0.6) is 5.75 Å². The highest BCUT2D eigenvalue weighted by atomic mass is 35.5. The summed E-state index contributed by atoms with van der Waals surface area (Å²) in [6.07, 6.45) is 0. The van der Waals surface area contributed by atoms with E-state index >= 15 is 0 Å². The molecule has 6 heteroatoms. The summed E-state index contributed by atoms with van der Waals surface area (Å²) >= 11 is 5.98. The maximum absolute atomic E-state index is 12.2. The van der Waals surface area contributed by atoms with Crippen LogP contribution in [-0.4, -0.2) is 21.0 Å². The molecule has 0 saturated carbocycles. The highest BCUT2D eigenvalue weighted by Crippen LogP contribution is 2.25. The molecule has 0 bridgehead atoms. The number of para-hydroxylation sites is 2. The number of carbonyl (C=O) groups excluding carboxylic acids is 1. The van der Waals surface area contributed by atoms with Crippen molar-refractivity contribution in [2.75, 3.05) is 0 Å². The first-order valence-electron chi connectivity index (χ1n) is 6.43. The topological polar surface area (TPSA) is 57.0 Å². The molecule has 0 fully saturated rings. The molecule has 1 aromatic heterocycles. The van der Waals surface area contributed by atoms with Gasteiger partial charge in [-0.05, 0) is 31.2 Å². The van der Waals surface area contributed by atoms with Gasteiger partial charge in [0.1, 0.15) is 17.3 Å². The highest BCUT2D eigenvalue weighted by molar-refractivity contribution is 6.32. The number of aromatic nitrogens is 3. The van der Waals surface area contributed by atoms with Crippen molar-refractivity contribution in [3.05, 3.63) is 53.6 Å². The number of hydrogen-bond acceptors (Lipinski definition) is 4. The van der Waals surface area contributed by atoms with Gasteiger partial charge in [0.25, 0.3) is 0 Å². The number of rotatable bonds is 3. The summed E-state index contributed by atoms with van der Waals surface area (Å²) in [7, 11) is 0. The number of carbonyl (C=O) groups is 1. The summed E-state index contributed by atoms with van der Waals surface area (Å²) in [5, 5.41) is 8.43. The summed E-state index contributed by atoms with van der Waals surface area (Å²) in [4.78, 5) is 12.2. The van der Waals surface area contributed by atoms with E-state index in [4.69, 9.17) is 16.3 Å². The zero-order chi connectivity index (χ0) is 14.8. The van der Waals surface area contributed by atoms with Crippen LogP contribution in [0.25, 0.3) is 11.0 Å². The zero-order valence-corrected chi connectivity index (χ0v) is 12.0. The number of hydrogen-bond donors (Lipinski definition) is 0. The van der Waals surface area contributed by atoms with Crippen LogP contribution in [0.3, 0.4) is 0 Å². The van der Waals surface area contributed by atoms with Gasteiger partial charge in [0, 0.05) is 0 Å². The Balaban J connectivity index is 1.86. The first kappa shape index (κ1) is 13.6. The van der Waals surface area contributed by atoms with Gasteiger partial charge in [0.2, 0.25) is 0 Å². The third-order valence-electron chi connectivity index (χ3n) is 3.13. The number of esters is 1. The van der Waals surface area contributed by atoms with Crippen LogP contribution in [0.2, 0.25) is 5.02 Å². The molecule has 1 atom stereocenters. The second-order valence-corrected chi connectivity index (χ2v) is 4.96. The van der Waals surface area contributed by atoms with Crippen molar-refractivity contribution in [3.8, 4) is 5.75 Å². The zero-order valence-electron chi connectivity index (χ0n) is 11.2. The van der Waals surface area contributed by atoms with E-state index in [1.54, 1.807) is 31.2 Å². The van der Waals surface area contributed by atoms with Crippen LogP contribution in [-0.2, 0) is 4.79 Å². The molecule has 1 heterocycles. The fourth-order valence-corrected chi connectivity index (χ4v) is 2.17. The van der Waals surface area contributed by atoms with Crippen LogP contribution in [0.15, 0.2) is 48.5 Å². The van der Waals surface area contributed by atoms with Crippen molar-refractivity contribution in [1.82, 2.24) is 15.0 Å². The van der Waals surface area contributed by atoms with E-state index in [9.17, 15) is 4.79 Å². The van der Waals surface area contributed by atoms with Gasteiger partial charge >= 0.3 is 5.97 Å². The molecular weight excluding hydrogens is 290 g/mol. The molecule has 0 radical (unpaired) electrons. The van der Waals surface area contributed by atoms with Crippen molar-refractivity contribution in [2.45, 2.75) is 13.0 Å². The molecule has 1 unspecified atom stereocenters. The smallest absolute Gasteiger partial charge is 0.336 e. The molecule has 0 N–H and O–H groups in total. The lowest BCUT2D eigenvalue weighted by Crippen LogP contribution is -2.22. The monoisotopic (exact) mass is 301 g/mol. The molecule has 0 spiro atoms. The predicted octanol–water partition coefficient (Wildman–Crippen LogP) is 3.25. The van der Waals surface area contributed by atoms with E-state index in [0.717, 1.165) is 11.0 Å². The van der Waals surface area contributed by atoms with Gasteiger partial charge in [0.05, 0.1) is 10.5 Å². The van der Waals surface area contributed by atoms with Crippen LogP contribution in [0.1, 0.15) is 13.0 Å². The van der Waals surface area contributed by atoms with Gasteiger partial charge in [-0.15, -0.1) is 5.10 Å². The lowest BCUT2D eigenvalue weighted by Gasteiger charge is -2.12. The number of nitrogens with zero attached hydrogens (tertiary/aromatic N) is 3. The molecule has 0 aliphatic rings. The van der Waals surface area contributed by atoms with Crippen molar-refractivity contribution < 1.29 is 9.53 Å². The first-order valence-corrected chi connectivity index (χ1v) is 6.81. The Bertz CT molecular complexity index is 800. The van der Waals surface area contributed by atoms with Crippen LogP contribution in [0.4, 0.5) is 0 Å². The summed E-state index contributed by atoms with van der Waals surface area (Å²) < 4.78 is 6.86. The van der Waals surface area contributed by atoms with Crippen LogP contribution >= 0.6 is 11.6 Å². The number of ether oxygens (including phenoxy) is 1. The SMILES string of the molecule is CC(C(=O)Oc1ccccc1Cl)n1nnc2ccccc21. The molecule has 5 nitrogen and oxygen atoms in total. The quantitative estimate of drug-likeness (QED) is 0.550. The molecule has 0 aliphatic heterocycles. The Hall–Kier alpha value is -2.40. The van der Waals surface area contributed by atoms with E-state index in [1.165, 1.54) is 4.68 Å². The molecular formula is C15H12ClN3O2. The van der Waals surface area contributed by atoms with Crippen molar-refractivity contribution in [1.29, 1.82) is 0 Å². The molecule has 3 aromatic rings. The van der Waals surface area contributed by atoms with Gasteiger partial charge in [-0.3, -0.25) is 0 Å². The van der Waals surface area contributed by atoms with E-state index in [-0.39, 0.29) is 0 Å². The molecule has 21 heavy (non-hydrogen) atoms. The van der Waals surface area contributed by atoms with E-state index in [1.807, 2.05) is 24.3 Å². The maximum atomic E-state index is 12.2. The second-order valence-electron chi connectivity index (χ2n) is 4.55. The lowest BCUT2D eigenvalue weighted by atomic mass is 10.3. The minimum Gasteiger partial charge on any atom is -0.423 e. The molecule has 0 saturated heterocycles. The summed E-state index contributed by atoms with van der Waals surface area (Å²) in [5.74, 6) is -0.112. The second kappa shape index (κ2) is 5.54. The lowest BCUT2D eigenvalue weighted by molar-refractivity contribution is -0.137. The van der Waals surface area contributed by atoms with Gasteiger partial charge < -0.3 is 4.74 Å². The van der Waals surface area contributed by atoms with Gasteiger partial charge in [-0.25, -0.2) is 9.48 Å². The minimum absolute atomic E-state index is 0.334. The minimum atomic E-state index is -0.603. The molecule has 0 aliphatic carbocycles. The molecule has 106 valence electrons. The third kappa shape index (κ3) is 2.60. The Morgan fingerprint density at radius 1 is 1.19 bits per heavy atom. The van der Waals surface area contributed by atoms with Crippen LogP contribution in [0, 0.1) is 0 Å². The van der Waals surface area contributed by atoms with Crippen molar-refractivity contribution in [3.63, 3.8) is 0 Å². The van der Waals surface area contributed by atoms with Gasteiger partial charge in [0.15, 0.2) is 0 Å². The predicted molar refractivity (Wildman–Crippen MR) is 79.3 cm³/mol. The molecule has 3 rings (SSSR count). The van der Waals surface area contributed by atoms with E-state index < -0.39 is 12.0 Å². The Morgan fingerprint density at radius 3 is 2.71 bits per heavy atom. The first-order chi connectivity index (χ1) is 10.2. The largest absolute Gasteiger partial charge is 0.423 e. The van der Waals surface area contributed by atoms with E-state index in [0.29, 0.717) is 10.8 Å².